The van der Waals surface area contributed by atoms with Crippen molar-refractivity contribution >= 4 is 28.6 Å². The lowest BCUT2D eigenvalue weighted by molar-refractivity contribution is 0.894. The minimum Gasteiger partial charge on any atom is -0.236 e. The van der Waals surface area contributed by atoms with Gasteiger partial charge in [-0.2, -0.15) is 16.4 Å². The number of hydrogen-bond acceptors (Lipinski definition) is 3. The molecule has 0 bridgehead atoms. The van der Waals surface area contributed by atoms with Crippen LogP contribution in [0.25, 0.3) is 28.0 Å². The molecular formula is C18H14ClN3S. The Morgan fingerprint density at radius 3 is 2.61 bits per heavy atom. The van der Waals surface area contributed by atoms with Crippen molar-refractivity contribution in [2.45, 2.75) is 13.3 Å². The van der Waals surface area contributed by atoms with Crippen molar-refractivity contribution in [3.8, 4) is 22.4 Å². The van der Waals surface area contributed by atoms with Crippen LogP contribution in [-0.4, -0.2) is 14.6 Å². The van der Waals surface area contributed by atoms with Crippen LogP contribution in [0.2, 0.25) is 5.02 Å². The molecule has 0 amide bonds. The molecule has 0 radical (unpaired) electrons. The van der Waals surface area contributed by atoms with Crippen LogP contribution in [-0.2, 0) is 6.42 Å². The van der Waals surface area contributed by atoms with Gasteiger partial charge in [-0.05, 0) is 41.6 Å². The molecule has 3 nitrogen and oxygen atoms in total. The third-order valence-electron chi connectivity index (χ3n) is 3.88. The molecule has 0 spiro atoms. The van der Waals surface area contributed by atoms with E-state index in [4.69, 9.17) is 16.7 Å². The number of hydrogen-bond donors (Lipinski definition) is 0. The van der Waals surface area contributed by atoms with Gasteiger partial charge in [0.1, 0.15) is 0 Å². The molecule has 0 aliphatic carbocycles. The number of fused-ring (bicyclic) bond motifs is 1. The predicted molar refractivity (Wildman–Crippen MR) is 96.1 cm³/mol. The van der Waals surface area contributed by atoms with Gasteiger partial charge in [0, 0.05) is 27.7 Å². The molecule has 114 valence electrons. The number of benzene rings is 1. The maximum Gasteiger partial charge on any atom is 0.163 e. The molecule has 0 aliphatic rings. The standard InChI is InChI=1S/C18H14ClN3S/c1-2-15-17(12-3-5-14(19)6-4-12)18-20-9-7-16(22(18)21-15)13-8-10-23-11-13/h3-11H,2H2,1H3. The fourth-order valence-corrected chi connectivity index (χ4v) is 3.55. The molecule has 4 aromatic rings. The zero-order chi connectivity index (χ0) is 15.8. The Balaban J connectivity index is 2.01. The summed E-state index contributed by atoms with van der Waals surface area (Å²) in [6, 6.07) is 12.0. The van der Waals surface area contributed by atoms with Gasteiger partial charge in [0.25, 0.3) is 0 Å². The van der Waals surface area contributed by atoms with Crippen LogP contribution >= 0.6 is 22.9 Å². The molecule has 5 heteroatoms. The van der Waals surface area contributed by atoms with Gasteiger partial charge in [-0.3, -0.25) is 0 Å². The first-order valence-electron chi connectivity index (χ1n) is 7.43. The summed E-state index contributed by atoms with van der Waals surface area (Å²) in [5.41, 5.74) is 6.33. The van der Waals surface area contributed by atoms with E-state index in [2.05, 4.69) is 28.7 Å². The molecule has 0 N–H and O–H groups in total. The number of thiophene rings is 1. The molecule has 4 rings (SSSR count). The van der Waals surface area contributed by atoms with E-state index in [-0.39, 0.29) is 0 Å². The largest absolute Gasteiger partial charge is 0.236 e. The van der Waals surface area contributed by atoms with Crippen molar-refractivity contribution in [1.82, 2.24) is 14.6 Å². The molecule has 0 saturated carbocycles. The smallest absolute Gasteiger partial charge is 0.163 e. The van der Waals surface area contributed by atoms with E-state index in [1.807, 2.05) is 41.0 Å². The van der Waals surface area contributed by atoms with Crippen LogP contribution in [0.4, 0.5) is 0 Å². The van der Waals surface area contributed by atoms with Crippen molar-refractivity contribution in [3.05, 3.63) is 64.1 Å². The molecule has 0 saturated heterocycles. The second kappa shape index (κ2) is 5.80. The van der Waals surface area contributed by atoms with Crippen molar-refractivity contribution in [3.63, 3.8) is 0 Å². The van der Waals surface area contributed by atoms with Crippen LogP contribution in [0.5, 0.6) is 0 Å². The molecule has 0 aliphatic heterocycles. The van der Waals surface area contributed by atoms with Crippen LogP contribution in [0.15, 0.2) is 53.4 Å². The molecule has 3 aromatic heterocycles. The molecule has 3 heterocycles. The van der Waals surface area contributed by atoms with E-state index in [1.54, 1.807) is 11.3 Å². The van der Waals surface area contributed by atoms with Gasteiger partial charge in [-0.25, -0.2) is 9.50 Å². The highest BCUT2D eigenvalue weighted by molar-refractivity contribution is 7.08. The first kappa shape index (κ1) is 14.4. The second-order valence-corrected chi connectivity index (χ2v) is 6.48. The fraction of sp³-hybridized carbons (Fsp3) is 0.111. The Morgan fingerprint density at radius 2 is 1.91 bits per heavy atom. The number of nitrogens with zero attached hydrogens (tertiary/aromatic N) is 3. The highest BCUT2D eigenvalue weighted by Crippen LogP contribution is 2.31. The van der Waals surface area contributed by atoms with E-state index in [0.717, 1.165) is 45.2 Å². The summed E-state index contributed by atoms with van der Waals surface area (Å²) < 4.78 is 1.95. The van der Waals surface area contributed by atoms with Gasteiger partial charge in [0.05, 0.1) is 11.4 Å². The summed E-state index contributed by atoms with van der Waals surface area (Å²) in [5.74, 6) is 0. The minimum atomic E-state index is 0.732. The monoisotopic (exact) mass is 339 g/mol. The van der Waals surface area contributed by atoms with E-state index in [1.165, 1.54) is 0 Å². The Hall–Kier alpha value is -2.17. The second-order valence-electron chi connectivity index (χ2n) is 5.26. The van der Waals surface area contributed by atoms with Gasteiger partial charge < -0.3 is 0 Å². The van der Waals surface area contributed by atoms with E-state index >= 15 is 0 Å². The van der Waals surface area contributed by atoms with Crippen molar-refractivity contribution in [2.24, 2.45) is 0 Å². The maximum atomic E-state index is 6.02. The number of halogens is 1. The summed E-state index contributed by atoms with van der Waals surface area (Å²) in [7, 11) is 0. The Kier molecular flexibility index (Phi) is 3.63. The van der Waals surface area contributed by atoms with Gasteiger partial charge in [-0.15, -0.1) is 0 Å². The Bertz CT molecular complexity index is 956. The number of aromatic nitrogens is 3. The molecule has 1 aromatic carbocycles. The molecular weight excluding hydrogens is 326 g/mol. The van der Waals surface area contributed by atoms with E-state index < -0.39 is 0 Å². The molecule has 0 fully saturated rings. The number of aryl methyl sites for hydroxylation is 1. The number of rotatable bonds is 3. The topological polar surface area (TPSA) is 30.2 Å². The molecule has 0 atom stereocenters. The predicted octanol–water partition coefficient (Wildman–Crippen LogP) is 5.34. The zero-order valence-electron chi connectivity index (χ0n) is 12.5. The highest BCUT2D eigenvalue weighted by Gasteiger charge is 2.17. The summed E-state index contributed by atoms with van der Waals surface area (Å²) in [6.07, 6.45) is 2.70. The average Bonchev–Trinajstić information content (AvgIpc) is 3.22. The molecule has 23 heavy (non-hydrogen) atoms. The van der Waals surface area contributed by atoms with Crippen LogP contribution < -0.4 is 0 Å². The third-order valence-corrected chi connectivity index (χ3v) is 4.81. The average molecular weight is 340 g/mol. The van der Waals surface area contributed by atoms with E-state index in [9.17, 15) is 0 Å². The van der Waals surface area contributed by atoms with Gasteiger partial charge in [0.15, 0.2) is 5.65 Å². The van der Waals surface area contributed by atoms with Crippen molar-refractivity contribution in [1.29, 1.82) is 0 Å². The van der Waals surface area contributed by atoms with Gasteiger partial charge in [0.2, 0.25) is 0 Å². The minimum absolute atomic E-state index is 0.732. The van der Waals surface area contributed by atoms with Crippen molar-refractivity contribution in [2.75, 3.05) is 0 Å². The van der Waals surface area contributed by atoms with Crippen LogP contribution in [0, 0.1) is 0 Å². The quantitative estimate of drug-likeness (QED) is 0.504. The lowest BCUT2D eigenvalue weighted by Crippen LogP contribution is -1.95. The fourth-order valence-electron chi connectivity index (χ4n) is 2.78. The lowest BCUT2D eigenvalue weighted by atomic mass is 10.0. The first-order valence-corrected chi connectivity index (χ1v) is 8.75. The summed E-state index contributed by atoms with van der Waals surface area (Å²) >= 11 is 7.70. The zero-order valence-corrected chi connectivity index (χ0v) is 14.1. The Labute approximate surface area is 143 Å². The molecule has 0 unspecified atom stereocenters. The van der Waals surface area contributed by atoms with Gasteiger partial charge in [-0.1, -0.05) is 30.7 Å². The highest BCUT2D eigenvalue weighted by atomic mass is 35.5. The third kappa shape index (κ3) is 2.44. The van der Waals surface area contributed by atoms with Gasteiger partial charge >= 0.3 is 0 Å². The summed E-state index contributed by atoms with van der Waals surface area (Å²) in [5, 5.41) is 9.75. The van der Waals surface area contributed by atoms with Crippen molar-refractivity contribution < 1.29 is 0 Å². The SMILES string of the molecule is CCc1nn2c(-c3ccsc3)ccnc2c1-c1ccc(Cl)cc1. The summed E-state index contributed by atoms with van der Waals surface area (Å²) in [6.45, 7) is 2.12. The van der Waals surface area contributed by atoms with Crippen LogP contribution in [0.3, 0.4) is 0 Å². The lowest BCUT2D eigenvalue weighted by Gasteiger charge is -2.03. The van der Waals surface area contributed by atoms with E-state index in [0.29, 0.717) is 0 Å². The van der Waals surface area contributed by atoms with Crippen LogP contribution in [0.1, 0.15) is 12.6 Å². The first-order chi connectivity index (χ1) is 11.3. The maximum absolute atomic E-state index is 6.02. The normalized spacial score (nSPS) is 11.2. The summed E-state index contributed by atoms with van der Waals surface area (Å²) in [4.78, 5) is 4.59. The Morgan fingerprint density at radius 1 is 1.09 bits per heavy atom.